The van der Waals surface area contributed by atoms with E-state index in [0.717, 1.165) is 18.0 Å². The molecule has 1 aliphatic carbocycles. The predicted octanol–water partition coefficient (Wildman–Crippen LogP) is 4.39. The van der Waals surface area contributed by atoms with Crippen LogP contribution < -0.4 is 0 Å². The molecule has 0 bridgehead atoms. The zero-order chi connectivity index (χ0) is 18.3. The first kappa shape index (κ1) is 17.2. The molecule has 2 heterocycles. The largest absolute Gasteiger partial charge is 0.338 e. The quantitative estimate of drug-likeness (QED) is 0.618. The lowest BCUT2D eigenvalue weighted by Gasteiger charge is -2.10. The standard InChI is InChI=1S/C18H20FN5OS/c1-18(2,3)16-20-14(25-23-16)10-26-17-22-21-15(24(17)11-8-9-11)12-6-4-5-7-13(12)19/h4-7,11H,8-10H2,1-3H3. The SMILES string of the molecule is CC(C)(C)c1noc(CSc2nnc(-c3ccccc3F)n2C2CC2)n1. The molecule has 3 aromatic rings. The molecule has 0 aliphatic heterocycles. The molecule has 0 spiro atoms. The van der Waals surface area contributed by atoms with Crippen LogP contribution in [0.15, 0.2) is 33.9 Å². The van der Waals surface area contributed by atoms with Gasteiger partial charge in [0.2, 0.25) is 5.89 Å². The Balaban J connectivity index is 1.58. The van der Waals surface area contributed by atoms with Crippen LogP contribution in [0.1, 0.15) is 51.4 Å². The molecule has 0 radical (unpaired) electrons. The predicted molar refractivity (Wildman–Crippen MR) is 96.2 cm³/mol. The fraction of sp³-hybridized carbons (Fsp3) is 0.444. The average Bonchev–Trinajstić information content (AvgIpc) is 3.16. The normalized spacial score (nSPS) is 14.8. The number of hydrogen-bond donors (Lipinski definition) is 0. The number of rotatable bonds is 5. The Bertz CT molecular complexity index is 926. The van der Waals surface area contributed by atoms with Crippen molar-refractivity contribution in [2.45, 2.75) is 56.0 Å². The maximum absolute atomic E-state index is 14.2. The summed E-state index contributed by atoms with van der Waals surface area (Å²) in [6.07, 6.45) is 2.11. The van der Waals surface area contributed by atoms with Crippen LogP contribution >= 0.6 is 11.8 Å². The Hall–Kier alpha value is -2.22. The summed E-state index contributed by atoms with van der Waals surface area (Å²) in [5.74, 6) is 2.03. The monoisotopic (exact) mass is 373 g/mol. The molecule has 0 N–H and O–H groups in total. The maximum Gasteiger partial charge on any atom is 0.237 e. The molecule has 4 rings (SSSR count). The summed E-state index contributed by atoms with van der Waals surface area (Å²) < 4.78 is 21.6. The fourth-order valence-electron chi connectivity index (χ4n) is 2.61. The van der Waals surface area contributed by atoms with Crippen molar-refractivity contribution in [2.75, 3.05) is 0 Å². The van der Waals surface area contributed by atoms with Gasteiger partial charge in [0.15, 0.2) is 16.8 Å². The van der Waals surface area contributed by atoms with Crippen molar-refractivity contribution in [3.63, 3.8) is 0 Å². The first-order valence-electron chi connectivity index (χ1n) is 8.59. The van der Waals surface area contributed by atoms with Crippen LogP contribution in [0.3, 0.4) is 0 Å². The number of thioether (sulfide) groups is 1. The van der Waals surface area contributed by atoms with Crippen molar-refractivity contribution in [1.82, 2.24) is 24.9 Å². The minimum Gasteiger partial charge on any atom is -0.338 e. The van der Waals surface area contributed by atoms with Crippen LogP contribution in [0, 0.1) is 5.82 Å². The van der Waals surface area contributed by atoms with Gasteiger partial charge < -0.3 is 4.52 Å². The van der Waals surface area contributed by atoms with Gasteiger partial charge in [-0.1, -0.05) is 49.8 Å². The Labute approximate surface area is 155 Å². The Morgan fingerprint density at radius 1 is 1.23 bits per heavy atom. The van der Waals surface area contributed by atoms with Gasteiger partial charge in [0, 0.05) is 11.5 Å². The molecule has 0 unspecified atom stereocenters. The Kier molecular flexibility index (Phi) is 4.30. The number of aromatic nitrogens is 5. The Morgan fingerprint density at radius 3 is 2.65 bits per heavy atom. The number of hydrogen-bond acceptors (Lipinski definition) is 6. The summed E-state index contributed by atoms with van der Waals surface area (Å²) in [7, 11) is 0. The third-order valence-corrected chi connectivity index (χ3v) is 5.08. The van der Waals surface area contributed by atoms with Crippen LogP contribution in [0.5, 0.6) is 0 Å². The van der Waals surface area contributed by atoms with E-state index in [0.29, 0.717) is 34.9 Å². The van der Waals surface area contributed by atoms with E-state index in [2.05, 4.69) is 20.3 Å². The summed E-state index contributed by atoms with van der Waals surface area (Å²) in [5.41, 5.74) is 0.324. The molecule has 6 nitrogen and oxygen atoms in total. The van der Waals surface area contributed by atoms with Crippen LogP contribution in [0.25, 0.3) is 11.4 Å². The van der Waals surface area contributed by atoms with Crippen molar-refractivity contribution in [3.05, 3.63) is 41.8 Å². The van der Waals surface area contributed by atoms with E-state index < -0.39 is 0 Å². The molecule has 1 aliphatic rings. The highest BCUT2D eigenvalue weighted by atomic mass is 32.2. The van der Waals surface area contributed by atoms with E-state index in [9.17, 15) is 4.39 Å². The third-order valence-electron chi connectivity index (χ3n) is 4.15. The minimum absolute atomic E-state index is 0.154. The van der Waals surface area contributed by atoms with Crippen molar-refractivity contribution in [1.29, 1.82) is 0 Å². The topological polar surface area (TPSA) is 69.6 Å². The second-order valence-electron chi connectivity index (χ2n) is 7.44. The molecule has 26 heavy (non-hydrogen) atoms. The van der Waals surface area contributed by atoms with Gasteiger partial charge >= 0.3 is 0 Å². The van der Waals surface area contributed by atoms with E-state index in [1.807, 2.05) is 31.4 Å². The van der Waals surface area contributed by atoms with E-state index in [1.165, 1.54) is 17.8 Å². The highest BCUT2D eigenvalue weighted by Gasteiger charge is 2.31. The highest BCUT2D eigenvalue weighted by molar-refractivity contribution is 7.98. The average molecular weight is 373 g/mol. The number of halogens is 1. The molecule has 136 valence electrons. The van der Waals surface area contributed by atoms with E-state index in [1.54, 1.807) is 12.1 Å². The van der Waals surface area contributed by atoms with E-state index in [4.69, 9.17) is 4.52 Å². The van der Waals surface area contributed by atoms with E-state index >= 15 is 0 Å². The zero-order valence-electron chi connectivity index (χ0n) is 14.9. The lowest BCUT2D eigenvalue weighted by Crippen LogP contribution is -2.13. The van der Waals surface area contributed by atoms with Gasteiger partial charge in [-0.15, -0.1) is 10.2 Å². The first-order chi connectivity index (χ1) is 12.4. The molecule has 0 saturated heterocycles. The molecule has 8 heteroatoms. The summed E-state index contributed by atoms with van der Waals surface area (Å²) in [5, 5.41) is 13.3. The van der Waals surface area contributed by atoms with Gasteiger partial charge in [-0.2, -0.15) is 4.98 Å². The van der Waals surface area contributed by atoms with Gasteiger partial charge in [0.05, 0.1) is 11.3 Å². The smallest absolute Gasteiger partial charge is 0.237 e. The van der Waals surface area contributed by atoms with Gasteiger partial charge in [-0.05, 0) is 25.0 Å². The van der Waals surface area contributed by atoms with Crippen molar-refractivity contribution >= 4 is 11.8 Å². The van der Waals surface area contributed by atoms with Crippen LogP contribution in [0.4, 0.5) is 4.39 Å². The molecule has 1 fully saturated rings. The number of benzene rings is 1. The van der Waals surface area contributed by atoms with E-state index in [-0.39, 0.29) is 11.2 Å². The maximum atomic E-state index is 14.2. The van der Waals surface area contributed by atoms with Crippen LogP contribution in [0.2, 0.25) is 0 Å². The Morgan fingerprint density at radius 2 is 2.00 bits per heavy atom. The van der Waals surface area contributed by atoms with Gasteiger partial charge in [0.25, 0.3) is 0 Å². The van der Waals surface area contributed by atoms with Crippen molar-refractivity contribution in [2.24, 2.45) is 0 Å². The fourth-order valence-corrected chi connectivity index (χ4v) is 3.45. The van der Waals surface area contributed by atoms with Crippen molar-refractivity contribution in [3.8, 4) is 11.4 Å². The molecular formula is C18H20FN5OS. The lowest BCUT2D eigenvalue weighted by atomic mass is 9.96. The summed E-state index contributed by atoms with van der Waals surface area (Å²) >= 11 is 1.48. The molecule has 2 aromatic heterocycles. The van der Waals surface area contributed by atoms with Gasteiger partial charge in [-0.3, -0.25) is 4.57 Å². The lowest BCUT2D eigenvalue weighted by molar-refractivity contribution is 0.372. The second-order valence-corrected chi connectivity index (χ2v) is 8.38. The highest BCUT2D eigenvalue weighted by Crippen LogP contribution is 2.41. The molecule has 1 saturated carbocycles. The zero-order valence-corrected chi connectivity index (χ0v) is 15.8. The molecule has 0 atom stereocenters. The summed E-state index contributed by atoms with van der Waals surface area (Å²) in [6.45, 7) is 6.12. The second kappa shape index (κ2) is 6.50. The van der Waals surface area contributed by atoms with Crippen LogP contribution in [-0.4, -0.2) is 24.9 Å². The minimum atomic E-state index is -0.287. The molecular weight excluding hydrogens is 353 g/mol. The number of nitrogens with zero attached hydrogens (tertiary/aromatic N) is 5. The van der Waals surface area contributed by atoms with Crippen LogP contribution in [-0.2, 0) is 11.2 Å². The van der Waals surface area contributed by atoms with Gasteiger partial charge in [0.1, 0.15) is 5.82 Å². The summed E-state index contributed by atoms with van der Waals surface area (Å²) in [6, 6.07) is 6.99. The molecule has 1 aromatic carbocycles. The third kappa shape index (κ3) is 3.38. The van der Waals surface area contributed by atoms with Crippen molar-refractivity contribution < 1.29 is 8.91 Å². The molecule has 0 amide bonds. The first-order valence-corrected chi connectivity index (χ1v) is 9.57. The summed E-state index contributed by atoms with van der Waals surface area (Å²) in [4.78, 5) is 4.45. The van der Waals surface area contributed by atoms with Gasteiger partial charge in [-0.25, -0.2) is 4.39 Å².